The minimum absolute atomic E-state index is 0.0917. The van der Waals surface area contributed by atoms with Crippen LogP contribution in [0.2, 0.25) is 0 Å². The average Bonchev–Trinajstić information content (AvgIpc) is 3.02. The molecular formula is C18H28N2O2S. The van der Waals surface area contributed by atoms with Gasteiger partial charge in [-0.05, 0) is 63.9 Å². The van der Waals surface area contributed by atoms with E-state index in [4.69, 9.17) is 4.74 Å². The van der Waals surface area contributed by atoms with Gasteiger partial charge in [-0.1, -0.05) is 0 Å². The van der Waals surface area contributed by atoms with Crippen LogP contribution in [0.4, 0.5) is 0 Å². The molecular weight excluding hydrogens is 308 g/mol. The smallest absolute Gasteiger partial charge is 0.233 e. The van der Waals surface area contributed by atoms with Gasteiger partial charge < -0.3 is 15.0 Å². The molecule has 1 saturated heterocycles. The predicted molar refractivity (Wildman–Crippen MR) is 96.1 cm³/mol. The number of nitrogens with zero attached hydrogens (tertiary/aromatic N) is 1. The summed E-state index contributed by atoms with van der Waals surface area (Å²) in [4.78, 5) is 15.8. The van der Waals surface area contributed by atoms with Crippen molar-refractivity contribution in [3.8, 4) is 5.75 Å². The van der Waals surface area contributed by atoms with Gasteiger partial charge in [-0.15, -0.1) is 11.8 Å². The van der Waals surface area contributed by atoms with Gasteiger partial charge >= 0.3 is 0 Å². The van der Waals surface area contributed by atoms with Gasteiger partial charge in [0, 0.05) is 24.0 Å². The lowest BCUT2D eigenvalue weighted by Gasteiger charge is -2.20. The average molecular weight is 337 g/mol. The molecule has 0 unspecified atom stereocenters. The number of likely N-dealkylation sites (tertiary alicyclic amines) is 1. The third-order valence-corrected chi connectivity index (χ3v) is 5.47. The van der Waals surface area contributed by atoms with Crippen LogP contribution in [0.25, 0.3) is 0 Å². The number of thioether (sulfide) groups is 1. The summed E-state index contributed by atoms with van der Waals surface area (Å²) in [5.41, 5.74) is 0. The van der Waals surface area contributed by atoms with Crippen molar-refractivity contribution in [2.45, 2.75) is 43.4 Å². The fourth-order valence-corrected chi connectivity index (χ4v) is 3.69. The summed E-state index contributed by atoms with van der Waals surface area (Å²) in [6.45, 7) is 9.45. The van der Waals surface area contributed by atoms with Crippen LogP contribution in [0.1, 0.15) is 27.2 Å². The van der Waals surface area contributed by atoms with E-state index in [-0.39, 0.29) is 11.2 Å². The number of ether oxygens (including phenoxy) is 1. The van der Waals surface area contributed by atoms with Gasteiger partial charge in [0.25, 0.3) is 0 Å². The van der Waals surface area contributed by atoms with E-state index >= 15 is 0 Å². The van der Waals surface area contributed by atoms with Gasteiger partial charge in [-0.25, -0.2) is 0 Å². The van der Waals surface area contributed by atoms with Crippen LogP contribution in [0.5, 0.6) is 5.75 Å². The van der Waals surface area contributed by atoms with E-state index < -0.39 is 0 Å². The van der Waals surface area contributed by atoms with E-state index in [0.29, 0.717) is 12.0 Å². The Balaban J connectivity index is 1.74. The number of nitrogens with one attached hydrogen (secondary N) is 1. The third kappa shape index (κ3) is 5.43. The standard InChI is InChI=1S/C18H28N2O2S/c1-13(2)20-10-9-15(12-20)11-19-18(21)14(3)23-17-7-5-16(22-4)6-8-17/h5-8,13-15H,9-12H2,1-4H3,(H,19,21)/t14-,15-/m0/s1. The number of benzene rings is 1. The molecule has 1 aromatic carbocycles. The molecule has 5 heteroatoms. The minimum Gasteiger partial charge on any atom is -0.497 e. The zero-order chi connectivity index (χ0) is 16.8. The number of carbonyl (C=O) groups excluding carboxylic acids is 1. The van der Waals surface area contributed by atoms with Crippen molar-refractivity contribution >= 4 is 17.7 Å². The minimum atomic E-state index is -0.0917. The number of hydrogen-bond acceptors (Lipinski definition) is 4. The highest BCUT2D eigenvalue weighted by Crippen LogP contribution is 2.25. The largest absolute Gasteiger partial charge is 0.497 e. The number of amides is 1. The summed E-state index contributed by atoms with van der Waals surface area (Å²) in [7, 11) is 1.65. The molecule has 2 atom stereocenters. The van der Waals surface area contributed by atoms with Gasteiger partial charge in [0.1, 0.15) is 5.75 Å². The van der Waals surface area contributed by atoms with Crippen LogP contribution in [0, 0.1) is 5.92 Å². The molecule has 1 aliphatic rings. The SMILES string of the molecule is COc1ccc(S[C@@H](C)C(=O)NC[C@@H]2CCN(C(C)C)C2)cc1. The van der Waals surface area contributed by atoms with E-state index in [1.54, 1.807) is 18.9 Å². The molecule has 4 nitrogen and oxygen atoms in total. The Kier molecular flexibility index (Phi) is 6.78. The Hall–Kier alpha value is -1.20. The number of carbonyl (C=O) groups is 1. The summed E-state index contributed by atoms with van der Waals surface area (Å²) < 4.78 is 5.15. The summed E-state index contributed by atoms with van der Waals surface area (Å²) in [6.07, 6.45) is 1.18. The van der Waals surface area contributed by atoms with E-state index in [0.717, 1.165) is 30.3 Å². The van der Waals surface area contributed by atoms with E-state index in [2.05, 4.69) is 24.1 Å². The second kappa shape index (κ2) is 8.60. The summed E-state index contributed by atoms with van der Waals surface area (Å²) in [5.74, 6) is 1.54. The summed E-state index contributed by atoms with van der Waals surface area (Å²) in [5, 5.41) is 3.02. The quantitative estimate of drug-likeness (QED) is 0.777. The molecule has 1 aliphatic heterocycles. The van der Waals surface area contributed by atoms with Crippen molar-refractivity contribution in [1.82, 2.24) is 10.2 Å². The molecule has 0 bridgehead atoms. The Morgan fingerprint density at radius 2 is 2.04 bits per heavy atom. The Morgan fingerprint density at radius 1 is 1.35 bits per heavy atom. The van der Waals surface area contributed by atoms with Crippen molar-refractivity contribution in [3.63, 3.8) is 0 Å². The first-order chi connectivity index (χ1) is 11.0. The second-order valence-electron chi connectivity index (χ2n) is 6.42. The molecule has 0 aromatic heterocycles. The number of rotatable bonds is 7. The highest BCUT2D eigenvalue weighted by molar-refractivity contribution is 8.00. The lowest BCUT2D eigenvalue weighted by molar-refractivity contribution is -0.120. The normalized spacial score (nSPS) is 19.8. The number of hydrogen-bond donors (Lipinski definition) is 1. The molecule has 1 aromatic rings. The summed E-state index contributed by atoms with van der Waals surface area (Å²) >= 11 is 1.58. The highest BCUT2D eigenvalue weighted by atomic mass is 32.2. The molecule has 1 amide bonds. The van der Waals surface area contributed by atoms with Crippen LogP contribution in [0.3, 0.4) is 0 Å². The monoisotopic (exact) mass is 336 g/mol. The van der Waals surface area contributed by atoms with Crippen molar-refractivity contribution in [1.29, 1.82) is 0 Å². The maximum absolute atomic E-state index is 12.3. The number of methoxy groups -OCH3 is 1. The van der Waals surface area contributed by atoms with Gasteiger partial charge in [-0.2, -0.15) is 0 Å². The Bertz CT molecular complexity index is 504. The second-order valence-corrected chi connectivity index (χ2v) is 7.84. The fourth-order valence-electron chi connectivity index (χ4n) is 2.80. The van der Waals surface area contributed by atoms with E-state index in [9.17, 15) is 4.79 Å². The van der Waals surface area contributed by atoms with Crippen LogP contribution >= 0.6 is 11.8 Å². The van der Waals surface area contributed by atoms with E-state index in [1.165, 1.54) is 6.42 Å². The highest BCUT2D eigenvalue weighted by Gasteiger charge is 2.25. The predicted octanol–water partition coefficient (Wildman–Crippen LogP) is 3.02. The molecule has 23 heavy (non-hydrogen) atoms. The zero-order valence-electron chi connectivity index (χ0n) is 14.5. The Labute approximate surface area is 144 Å². The lowest BCUT2D eigenvalue weighted by atomic mass is 10.1. The topological polar surface area (TPSA) is 41.6 Å². The Morgan fingerprint density at radius 3 is 2.61 bits per heavy atom. The van der Waals surface area contributed by atoms with Gasteiger partial charge in [0.15, 0.2) is 0 Å². The molecule has 1 N–H and O–H groups in total. The fraction of sp³-hybridized carbons (Fsp3) is 0.611. The molecule has 128 valence electrons. The van der Waals surface area contributed by atoms with Crippen molar-refractivity contribution in [2.24, 2.45) is 5.92 Å². The van der Waals surface area contributed by atoms with Crippen LogP contribution < -0.4 is 10.1 Å². The first-order valence-corrected chi connectivity index (χ1v) is 9.20. The van der Waals surface area contributed by atoms with Gasteiger partial charge in [-0.3, -0.25) is 4.79 Å². The molecule has 1 fully saturated rings. The molecule has 0 saturated carbocycles. The van der Waals surface area contributed by atoms with Crippen LogP contribution in [-0.2, 0) is 4.79 Å². The van der Waals surface area contributed by atoms with Crippen molar-refractivity contribution < 1.29 is 9.53 Å². The van der Waals surface area contributed by atoms with Gasteiger partial charge in [0.05, 0.1) is 12.4 Å². The maximum atomic E-state index is 12.3. The molecule has 0 spiro atoms. The van der Waals surface area contributed by atoms with Gasteiger partial charge in [0.2, 0.25) is 5.91 Å². The first kappa shape index (κ1) is 18.1. The van der Waals surface area contributed by atoms with Crippen molar-refractivity contribution in [2.75, 3.05) is 26.7 Å². The first-order valence-electron chi connectivity index (χ1n) is 8.32. The third-order valence-electron chi connectivity index (χ3n) is 4.35. The molecule has 0 radical (unpaired) electrons. The van der Waals surface area contributed by atoms with Crippen molar-refractivity contribution in [3.05, 3.63) is 24.3 Å². The molecule has 1 heterocycles. The van der Waals surface area contributed by atoms with Crippen LogP contribution in [-0.4, -0.2) is 48.8 Å². The zero-order valence-corrected chi connectivity index (χ0v) is 15.4. The molecule has 2 rings (SSSR count). The molecule has 0 aliphatic carbocycles. The van der Waals surface area contributed by atoms with E-state index in [1.807, 2.05) is 31.2 Å². The van der Waals surface area contributed by atoms with Crippen LogP contribution in [0.15, 0.2) is 29.2 Å². The lowest BCUT2D eigenvalue weighted by Crippen LogP contribution is -2.36. The summed E-state index contributed by atoms with van der Waals surface area (Å²) in [6, 6.07) is 8.42. The maximum Gasteiger partial charge on any atom is 0.233 e.